The summed E-state index contributed by atoms with van der Waals surface area (Å²) >= 11 is 0. The molecule has 0 radical (unpaired) electrons. The van der Waals surface area contributed by atoms with Crippen molar-refractivity contribution in [1.82, 2.24) is 5.32 Å². The number of aliphatic carboxylic acids is 1. The first kappa shape index (κ1) is 17.8. The van der Waals surface area contributed by atoms with Gasteiger partial charge in [0, 0.05) is 13.0 Å². The fourth-order valence-electron chi connectivity index (χ4n) is 2.12. The number of amides is 1. The fraction of sp³-hybridized carbons (Fsp3) is 0.500. The molecule has 22 heavy (non-hydrogen) atoms. The van der Waals surface area contributed by atoms with Gasteiger partial charge < -0.3 is 19.9 Å². The molecule has 1 rings (SSSR count). The Balaban J connectivity index is 2.38. The Hall–Kier alpha value is -2.24. The molecular weight excluding hydrogens is 286 g/mol. The van der Waals surface area contributed by atoms with Gasteiger partial charge in [0.25, 0.3) is 5.91 Å². The van der Waals surface area contributed by atoms with E-state index >= 15 is 0 Å². The number of methoxy groups -OCH3 is 2. The van der Waals surface area contributed by atoms with Crippen molar-refractivity contribution in [3.63, 3.8) is 0 Å². The van der Waals surface area contributed by atoms with Crippen LogP contribution in [0.5, 0.6) is 11.5 Å². The summed E-state index contributed by atoms with van der Waals surface area (Å²) in [6.07, 6.45) is 3.44. The Morgan fingerprint density at radius 3 is 2.45 bits per heavy atom. The van der Waals surface area contributed by atoms with E-state index in [4.69, 9.17) is 14.6 Å². The Kier molecular flexibility index (Phi) is 7.81. The highest BCUT2D eigenvalue weighted by atomic mass is 16.5. The average molecular weight is 309 g/mol. The van der Waals surface area contributed by atoms with Crippen LogP contribution in [-0.4, -0.2) is 37.7 Å². The molecule has 0 bridgehead atoms. The number of benzene rings is 1. The van der Waals surface area contributed by atoms with Gasteiger partial charge in [-0.05, 0) is 25.0 Å². The molecule has 6 nitrogen and oxygen atoms in total. The van der Waals surface area contributed by atoms with Crippen LogP contribution in [-0.2, 0) is 4.79 Å². The molecule has 1 aromatic rings. The van der Waals surface area contributed by atoms with E-state index in [0.717, 1.165) is 19.3 Å². The van der Waals surface area contributed by atoms with Crippen LogP contribution in [0.1, 0.15) is 42.5 Å². The van der Waals surface area contributed by atoms with Crippen molar-refractivity contribution >= 4 is 11.9 Å². The van der Waals surface area contributed by atoms with Crippen LogP contribution in [0.25, 0.3) is 0 Å². The Labute approximate surface area is 130 Å². The third-order valence-corrected chi connectivity index (χ3v) is 3.25. The molecule has 0 aromatic heterocycles. The van der Waals surface area contributed by atoms with E-state index in [1.54, 1.807) is 18.2 Å². The summed E-state index contributed by atoms with van der Waals surface area (Å²) in [7, 11) is 3.02. The molecule has 0 aliphatic heterocycles. The number of carboxylic acid groups (broad SMARTS) is 1. The molecule has 0 fully saturated rings. The lowest BCUT2D eigenvalue weighted by Gasteiger charge is -2.12. The van der Waals surface area contributed by atoms with E-state index in [9.17, 15) is 9.59 Å². The SMILES string of the molecule is COc1cccc(C(=O)NCCCCCCC(=O)O)c1OC. The molecule has 0 heterocycles. The zero-order valence-electron chi connectivity index (χ0n) is 13.1. The number of ether oxygens (including phenoxy) is 2. The van der Waals surface area contributed by atoms with Crippen LogP contribution in [0.4, 0.5) is 0 Å². The minimum atomic E-state index is -0.765. The molecule has 0 atom stereocenters. The smallest absolute Gasteiger partial charge is 0.303 e. The topological polar surface area (TPSA) is 84.9 Å². The van der Waals surface area contributed by atoms with E-state index in [1.165, 1.54) is 14.2 Å². The number of carbonyl (C=O) groups excluding carboxylic acids is 1. The highest BCUT2D eigenvalue weighted by Gasteiger charge is 2.15. The lowest BCUT2D eigenvalue weighted by molar-refractivity contribution is -0.137. The number of hydrogen-bond acceptors (Lipinski definition) is 4. The number of nitrogens with one attached hydrogen (secondary N) is 1. The predicted octanol–water partition coefficient (Wildman–Crippen LogP) is 2.47. The summed E-state index contributed by atoms with van der Waals surface area (Å²) < 4.78 is 10.4. The monoisotopic (exact) mass is 309 g/mol. The maximum atomic E-state index is 12.1. The first-order chi connectivity index (χ1) is 10.6. The lowest BCUT2D eigenvalue weighted by atomic mass is 10.1. The van der Waals surface area contributed by atoms with Gasteiger partial charge in [0.2, 0.25) is 0 Å². The minimum absolute atomic E-state index is 0.202. The van der Waals surface area contributed by atoms with Crippen molar-refractivity contribution < 1.29 is 24.2 Å². The van der Waals surface area contributed by atoms with Gasteiger partial charge in [0.1, 0.15) is 0 Å². The summed E-state index contributed by atoms with van der Waals surface area (Å²) in [5.74, 6) is -0.0347. The Morgan fingerprint density at radius 1 is 1.09 bits per heavy atom. The van der Waals surface area contributed by atoms with Crippen LogP contribution in [0.2, 0.25) is 0 Å². The maximum absolute atomic E-state index is 12.1. The van der Waals surface area contributed by atoms with Crippen molar-refractivity contribution in [1.29, 1.82) is 0 Å². The summed E-state index contributed by atoms with van der Waals surface area (Å²) in [5, 5.41) is 11.4. The number of carboxylic acids is 1. The van der Waals surface area contributed by atoms with Gasteiger partial charge in [-0.25, -0.2) is 0 Å². The normalized spacial score (nSPS) is 10.1. The van der Waals surface area contributed by atoms with Crippen molar-refractivity contribution in [2.24, 2.45) is 0 Å². The zero-order valence-corrected chi connectivity index (χ0v) is 13.1. The van der Waals surface area contributed by atoms with Crippen molar-refractivity contribution in [3.05, 3.63) is 23.8 Å². The molecule has 122 valence electrons. The summed E-state index contributed by atoms with van der Waals surface area (Å²) in [6.45, 7) is 0.548. The van der Waals surface area contributed by atoms with Crippen LogP contribution in [0.15, 0.2) is 18.2 Å². The molecule has 1 aromatic carbocycles. The van der Waals surface area contributed by atoms with Gasteiger partial charge in [0.05, 0.1) is 19.8 Å². The van der Waals surface area contributed by atoms with Gasteiger partial charge in [-0.15, -0.1) is 0 Å². The second-order valence-corrected chi connectivity index (χ2v) is 4.85. The molecule has 1 amide bonds. The Morgan fingerprint density at radius 2 is 1.82 bits per heavy atom. The average Bonchev–Trinajstić information content (AvgIpc) is 2.52. The number of para-hydroxylation sites is 1. The summed E-state index contributed by atoms with van der Waals surface area (Å²) in [6, 6.07) is 5.16. The molecule has 0 aliphatic carbocycles. The quantitative estimate of drug-likeness (QED) is 0.649. The second-order valence-electron chi connectivity index (χ2n) is 4.85. The number of carbonyl (C=O) groups is 2. The van der Waals surface area contributed by atoms with E-state index in [-0.39, 0.29) is 12.3 Å². The Bertz CT molecular complexity index is 501. The molecule has 2 N–H and O–H groups in total. The molecule has 0 aliphatic rings. The van der Waals surface area contributed by atoms with E-state index in [2.05, 4.69) is 5.32 Å². The first-order valence-electron chi connectivity index (χ1n) is 7.31. The van der Waals surface area contributed by atoms with Crippen molar-refractivity contribution in [3.8, 4) is 11.5 Å². The summed E-state index contributed by atoms with van der Waals surface area (Å²) in [4.78, 5) is 22.5. The van der Waals surface area contributed by atoms with Gasteiger partial charge >= 0.3 is 5.97 Å². The number of rotatable bonds is 10. The van der Waals surface area contributed by atoms with Gasteiger partial charge in [0.15, 0.2) is 11.5 Å². The molecule has 6 heteroatoms. The third-order valence-electron chi connectivity index (χ3n) is 3.25. The van der Waals surface area contributed by atoms with Gasteiger partial charge in [-0.1, -0.05) is 18.9 Å². The number of hydrogen-bond donors (Lipinski definition) is 2. The van der Waals surface area contributed by atoms with E-state index in [0.29, 0.717) is 30.0 Å². The van der Waals surface area contributed by atoms with Gasteiger partial charge in [-0.2, -0.15) is 0 Å². The van der Waals surface area contributed by atoms with Crippen LogP contribution < -0.4 is 14.8 Å². The van der Waals surface area contributed by atoms with Crippen LogP contribution in [0, 0.1) is 0 Å². The number of unbranched alkanes of at least 4 members (excludes halogenated alkanes) is 3. The molecule has 0 unspecified atom stereocenters. The fourth-order valence-corrected chi connectivity index (χ4v) is 2.12. The molecule has 0 saturated heterocycles. The van der Waals surface area contributed by atoms with Crippen molar-refractivity contribution in [2.45, 2.75) is 32.1 Å². The highest BCUT2D eigenvalue weighted by molar-refractivity contribution is 5.97. The third kappa shape index (κ3) is 5.63. The lowest BCUT2D eigenvalue weighted by Crippen LogP contribution is -2.25. The largest absolute Gasteiger partial charge is 0.493 e. The molecular formula is C16H23NO5. The minimum Gasteiger partial charge on any atom is -0.493 e. The molecule has 0 spiro atoms. The van der Waals surface area contributed by atoms with E-state index < -0.39 is 5.97 Å². The van der Waals surface area contributed by atoms with Crippen LogP contribution in [0.3, 0.4) is 0 Å². The van der Waals surface area contributed by atoms with Crippen molar-refractivity contribution in [2.75, 3.05) is 20.8 Å². The predicted molar refractivity (Wildman–Crippen MR) is 82.6 cm³/mol. The maximum Gasteiger partial charge on any atom is 0.303 e. The van der Waals surface area contributed by atoms with Gasteiger partial charge in [-0.3, -0.25) is 9.59 Å². The molecule has 0 saturated carbocycles. The van der Waals surface area contributed by atoms with E-state index in [1.807, 2.05) is 0 Å². The zero-order chi connectivity index (χ0) is 16.4. The highest BCUT2D eigenvalue weighted by Crippen LogP contribution is 2.30. The first-order valence-corrected chi connectivity index (χ1v) is 7.31. The van der Waals surface area contributed by atoms with Crippen LogP contribution >= 0.6 is 0 Å². The standard InChI is InChI=1S/C16H23NO5/c1-21-13-9-7-8-12(15(13)22-2)16(20)17-11-6-4-3-5-10-14(18)19/h7-9H,3-6,10-11H2,1-2H3,(H,17,20)(H,18,19). The second kappa shape index (κ2) is 9.65. The summed E-state index contributed by atoms with van der Waals surface area (Å²) in [5.41, 5.74) is 0.438.